The van der Waals surface area contributed by atoms with Gasteiger partial charge in [0, 0.05) is 52.1 Å². The SMILES string of the molecule is Cc1cc2nc(-c3cncc(-c4ccc5c(cnn5C)c4)c3)sc2c(-c2ccc(Cl)cc2)c1C(OC(C)(C)C)C(=O)O. The largest absolute Gasteiger partial charge is 0.479 e. The van der Waals surface area contributed by atoms with E-state index >= 15 is 0 Å². The third-order valence-corrected chi connectivity index (χ3v) is 8.47. The van der Waals surface area contributed by atoms with Gasteiger partial charge in [-0.15, -0.1) is 11.3 Å². The number of carboxylic acid groups (broad SMARTS) is 1. The van der Waals surface area contributed by atoms with Gasteiger partial charge in [-0.2, -0.15) is 5.10 Å². The molecule has 3 aromatic heterocycles. The molecule has 1 N–H and O–H groups in total. The van der Waals surface area contributed by atoms with Crippen LogP contribution in [0.5, 0.6) is 0 Å². The van der Waals surface area contributed by atoms with Gasteiger partial charge in [0.05, 0.1) is 27.5 Å². The molecular weight excluding hydrogens is 568 g/mol. The number of halogens is 1. The summed E-state index contributed by atoms with van der Waals surface area (Å²) in [5.74, 6) is -1.05. The summed E-state index contributed by atoms with van der Waals surface area (Å²) in [7, 11) is 1.93. The highest BCUT2D eigenvalue weighted by Crippen LogP contribution is 2.44. The molecule has 0 aliphatic carbocycles. The lowest BCUT2D eigenvalue weighted by Crippen LogP contribution is -2.28. The number of pyridine rings is 1. The zero-order valence-electron chi connectivity index (χ0n) is 23.8. The number of aromatic nitrogens is 4. The molecular formula is C33H29ClN4O3S. The zero-order valence-corrected chi connectivity index (χ0v) is 25.4. The summed E-state index contributed by atoms with van der Waals surface area (Å²) in [6, 6.07) is 17.7. The van der Waals surface area contributed by atoms with Crippen molar-refractivity contribution in [2.45, 2.75) is 39.4 Å². The van der Waals surface area contributed by atoms with Crippen molar-refractivity contribution in [2.24, 2.45) is 7.05 Å². The topological polar surface area (TPSA) is 90.1 Å². The van der Waals surface area contributed by atoms with E-state index in [2.05, 4.69) is 34.3 Å². The van der Waals surface area contributed by atoms with Crippen LogP contribution in [0.15, 0.2) is 73.2 Å². The maximum absolute atomic E-state index is 12.6. The first-order chi connectivity index (χ1) is 20.0. The van der Waals surface area contributed by atoms with Crippen molar-refractivity contribution in [2.75, 3.05) is 0 Å². The minimum absolute atomic E-state index is 0.599. The number of aryl methyl sites for hydroxylation is 2. The monoisotopic (exact) mass is 596 g/mol. The van der Waals surface area contributed by atoms with Gasteiger partial charge in [0.25, 0.3) is 0 Å². The van der Waals surface area contributed by atoms with E-state index in [1.165, 1.54) is 11.3 Å². The fourth-order valence-corrected chi connectivity index (χ4v) is 6.45. The number of hydrogen-bond donors (Lipinski definition) is 1. The van der Waals surface area contributed by atoms with Crippen molar-refractivity contribution in [3.05, 3.63) is 89.3 Å². The molecule has 0 radical (unpaired) electrons. The average molecular weight is 597 g/mol. The van der Waals surface area contributed by atoms with E-state index in [1.807, 2.05) is 88.3 Å². The molecule has 0 saturated carbocycles. The Morgan fingerprint density at radius 2 is 1.69 bits per heavy atom. The molecule has 9 heteroatoms. The number of ether oxygens (including phenoxy) is 1. The minimum Gasteiger partial charge on any atom is -0.479 e. The Morgan fingerprint density at radius 3 is 2.40 bits per heavy atom. The predicted molar refractivity (Wildman–Crippen MR) is 169 cm³/mol. The molecule has 7 nitrogen and oxygen atoms in total. The minimum atomic E-state index is -1.17. The summed E-state index contributed by atoms with van der Waals surface area (Å²) in [5.41, 5.74) is 7.08. The Labute approximate surface area is 252 Å². The van der Waals surface area contributed by atoms with Crippen molar-refractivity contribution < 1.29 is 14.6 Å². The number of fused-ring (bicyclic) bond motifs is 2. The number of aliphatic carboxylic acids is 1. The summed E-state index contributed by atoms with van der Waals surface area (Å²) in [6.45, 7) is 7.48. The second-order valence-electron chi connectivity index (χ2n) is 11.3. The predicted octanol–water partition coefficient (Wildman–Crippen LogP) is 8.48. The van der Waals surface area contributed by atoms with Crippen LogP contribution in [0.2, 0.25) is 5.02 Å². The normalized spacial score (nSPS) is 12.7. The lowest BCUT2D eigenvalue weighted by molar-refractivity contribution is -0.160. The molecule has 3 aromatic carbocycles. The van der Waals surface area contributed by atoms with Crippen molar-refractivity contribution in [1.82, 2.24) is 19.7 Å². The average Bonchev–Trinajstić information content (AvgIpc) is 3.54. The highest BCUT2D eigenvalue weighted by molar-refractivity contribution is 7.22. The maximum atomic E-state index is 12.6. The fraction of sp³-hybridized carbons (Fsp3) is 0.212. The Kier molecular flexibility index (Phi) is 7.09. The third-order valence-electron chi connectivity index (χ3n) is 7.08. The summed E-state index contributed by atoms with van der Waals surface area (Å²) in [4.78, 5) is 22.2. The van der Waals surface area contributed by atoms with Crippen LogP contribution in [0.4, 0.5) is 0 Å². The van der Waals surface area contributed by atoms with Gasteiger partial charge in [-0.05, 0) is 80.8 Å². The van der Waals surface area contributed by atoms with Crippen molar-refractivity contribution in [3.8, 4) is 32.8 Å². The molecule has 0 amide bonds. The fourth-order valence-electron chi connectivity index (χ4n) is 5.22. The number of thiazole rings is 1. The highest BCUT2D eigenvalue weighted by Gasteiger charge is 2.32. The van der Waals surface area contributed by atoms with Crippen LogP contribution in [0.25, 0.3) is 53.9 Å². The van der Waals surface area contributed by atoms with Crippen molar-refractivity contribution in [1.29, 1.82) is 0 Å². The van der Waals surface area contributed by atoms with Gasteiger partial charge in [-0.1, -0.05) is 29.8 Å². The Hall–Kier alpha value is -4.11. The summed E-state index contributed by atoms with van der Waals surface area (Å²) < 4.78 is 8.86. The van der Waals surface area contributed by atoms with E-state index in [0.29, 0.717) is 10.6 Å². The molecule has 1 atom stereocenters. The van der Waals surface area contributed by atoms with Gasteiger partial charge in [0.1, 0.15) is 5.01 Å². The van der Waals surface area contributed by atoms with E-state index in [9.17, 15) is 9.90 Å². The molecule has 0 fully saturated rings. The highest BCUT2D eigenvalue weighted by atomic mass is 35.5. The first-order valence-corrected chi connectivity index (χ1v) is 14.7. The number of nitrogens with zero attached hydrogens (tertiary/aromatic N) is 4. The van der Waals surface area contributed by atoms with E-state index in [0.717, 1.165) is 59.5 Å². The smallest absolute Gasteiger partial charge is 0.337 e. The molecule has 0 saturated heterocycles. The number of carbonyl (C=O) groups is 1. The Balaban J connectivity index is 1.53. The van der Waals surface area contributed by atoms with Gasteiger partial charge in [-0.3, -0.25) is 9.67 Å². The second kappa shape index (κ2) is 10.6. The number of rotatable bonds is 6. The molecule has 0 aliphatic heterocycles. The zero-order chi connectivity index (χ0) is 29.8. The van der Waals surface area contributed by atoms with Crippen LogP contribution in [0, 0.1) is 6.92 Å². The van der Waals surface area contributed by atoms with E-state index in [4.69, 9.17) is 21.3 Å². The van der Waals surface area contributed by atoms with Gasteiger partial charge in [0.2, 0.25) is 0 Å². The quantitative estimate of drug-likeness (QED) is 0.207. The standard InChI is InChI=1S/C33H29ClN4O3S/c1-18-12-25-30(28(19-6-9-24(34)10-7-19)27(18)29(32(39)40)41-33(2,3)4)42-31(37-25)23-14-21(15-35-16-23)20-8-11-26-22(13-20)17-36-38(26)5/h6-17,29H,1-5H3,(H,39,40). The van der Waals surface area contributed by atoms with Crippen LogP contribution < -0.4 is 0 Å². The number of carboxylic acids is 1. The molecule has 0 spiro atoms. The molecule has 42 heavy (non-hydrogen) atoms. The van der Waals surface area contributed by atoms with E-state index < -0.39 is 17.7 Å². The lowest BCUT2D eigenvalue weighted by atomic mass is 9.91. The first kappa shape index (κ1) is 28.0. The summed E-state index contributed by atoms with van der Waals surface area (Å²) in [5, 5.41) is 17.1. The number of hydrogen-bond acceptors (Lipinski definition) is 6. The molecule has 6 rings (SSSR count). The van der Waals surface area contributed by atoms with Crippen LogP contribution in [-0.2, 0) is 16.6 Å². The van der Waals surface area contributed by atoms with Crippen LogP contribution >= 0.6 is 22.9 Å². The van der Waals surface area contributed by atoms with Crippen molar-refractivity contribution in [3.63, 3.8) is 0 Å². The molecule has 0 bridgehead atoms. The molecule has 1 unspecified atom stereocenters. The van der Waals surface area contributed by atoms with Crippen LogP contribution in [-0.4, -0.2) is 36.4 Å². The Bertz CT molecular complexity index is 1970. The van der Waals surface area contributed by atoms with Gasteiger partial charge in [-0.25, -0.2) is 9.78 Å². The second-order valence-corrected chi connectivity index (χ2v) is 12.7. The van der Waals surface area contributed by atoms with Crippen LogP contribution in [0.3, 0.4) is 0 Å². The van der Waals surface area contributed by atoms with Gasteiger partial charge < -0.3 is 9.84 Å². The molecule has 6 aromatic rings. The summed E-state index contributed by atoms with van der Waals surface area (Å²) >= 11 is 7.74. The van der Waals surface area contributed by atoms with E-state index in [1.54, 1.807) is 0 Å². The van der Waals surface area contributed by atoms with Crippen LogP contribution in [0.1, 0.15) is 38.0 Å². The van der Waals surface area contributed by atoms with Gasteiger partial charge in [0.15, 0.2) is 6.10 Å². The van der Waals surface area contributed by atoms with E-state index in [-0.39, 0.29) is 0 Å². The number of benzene rings is 3. The van der Waals surface area contributed by atoms with Crippen molar-refractivity contribution >= 4 is 50.0 Å². The molecule has 0 aliphatic rings. The Morgan fingerprint density at radius 1 is 0.976 bits per heavy atom. The first-order valence-electron chi connectivity index (χ1n) is 13.5. The molecule has 212 valence electrons. The summed E-state index contributed by atoms with van der Waals surface area (Å²) in [6.07, 6.45) is 4.34. The van der Waals surface area contributed by atoms with Gasteiger partial charge >= 0.3 is 5.97 Å². The lowest BCUT2D eigenvalue weighted by Gasteiger charge is -2.28. The maximum Gasteiger partial charge on any atom is 0.337 e. The molecule has 3 heterocycles. The third kappa shape index (κ3) is 5.29.